The van der Waals surface area contributed by atoms with E-state index in [0.29, 0.717) is 6.54 Å². The van der Waals surface area contributed by atoms with E-state index in [-0.39, 0.29) is 0 Å². The number of aliphatic hydroxyl groups is 1. The summed E-state index contributed by atoms with van der Waals surface area (Å²) in [6.45, 7) is 0.323. The Kier molecular flexibility index (Phi) is 2.51. The molecular weight excluding hydrogens is 180 g/mol. The Balaban J connectivity index is 2.07. The van der Waals surface area contributed by atoms with E-state index in [4.69, 9.17) is 0 Å². The fourth-order valence-corrected chi connectivity index (χ4v) is 1.21. The predicted octanol–water partition coefficient (Wildman–Crippen LogP) is 0.407. The summed E-state index contributed by atoms with van der Waals surface area (Å²) in [5.41, 5.74) is 0.852. The number of aliphatic hydroxyl groups excluding tert-OH is 1. The Morgan fingerprint density at radius 3 is 2.71 bits per heavy atom. The molecule has 0 amide bonds. The summed E-state index contributed by atoms with van der Waals surface area (Å²) >= 11 is 0. The van der Waals surface area contributed by atoms with Gasteiger partial charge in [-0.3, -0.25) is 0 Å². The van der Waals surface area contributed by atoms with Crippen LogP contribution in [0.4, 0.5) is 0 Å². The van der Waals surface area contributed by atoms with Crippen LogP contribution in [-0.4, -0.2) is 25.3 Å². The van der Waals surface area contributed by atoms with Gasteiger partial charge in [0.05, 0.1) is 6.54 Å². The van der Waals surface area contributed by atoms with Gasteiger partial charge in [0.1, 0.15) is 6.10 Å². The van der Waals surface area contributed by atoms with Crippen molar-refractivity contribution in [2.24, 2.45) is 0 Å². The van der Waals surface area contributed by atoms with Crippen molar-refractivity contribution in [2.45, 2.75) is 12.6 Å². The zero-order valence-corrected chi connectivity index (χ0v) is 7.48. The largest absolute Gasteiger partial charge is 0.386 e. The second-order valence-corrected chi connectivity index (χ2v) is 2.92. The normalized spacial score (nSPS) is 12.6. The number of hydrogen-bond donors (Lipinski definition) is 1. The van der Waals surface area contributed by atoms with Gasteiger partial charge in [0.25, 0.3) is 0 Å². The third-order valence-electron chi connectivity index (χ3n) is 1.91. The average Bonchev–Trinajstić information content (AvgIpc) is 2.72. The third-order valence-corrected chi connectivity index (χ3v) is 1.91. The van der Waals surface area contributed by atoms with Crippen molar-refractivity contribution in [1.29, 1.82) is 0 Å². The van der Waals surface area contributed by atoms with Gasteiger partial charge in [-0.2, -0.15) is 4.80 Å². The van der Waals surface area contributed by atoms with E-state index in [2.05, 4.69) is 15.4 Å². The summed E-state index contributed by atoms with van der Waals surface area (Å²) in [5, 5.41) is 20.8. The second kappa shape index (κ2) is 3.97. The maximum Gasteiger partial charge on any atom is 0.162 e. The SMILES string of the molecule is OC(Cn1ncnn1)c1ccccc1. The number of nitrogens with zero attached hydrogens (tertiary/aromatic N) is 4. The standard InChI is InChI=1S/C9H10N4O/c14-9(6-13-11-7-10-12-13)8-4-2-1-3-5-8/h1-5,7,9,14H,6H2. The maximum absolute atomic E-state index is 9.76. The Labute approximate surface area is 81.0 Å². The number of tetrazole rings is 1. The zero-order chi connectivity index (χ0) is 9.80. The fourth-order valence-electron chi connectivity index (χ4n) is 1.21. The van der Waals surface area contributed by atoms with Crippen LogP contribution in [0, 0.1) is 0 Å². The number of aromatic nitrogens is 4. The highest BCUT2D eigenvalue weighted by molar-refractivity contribution is 5.16. The van der Waals surface area contributed by atoms with E-state index in [1.165, 1.54) is 11.1 Å². The smallest absolute Gasteiger partial charge is 0.162 e. The van der Waals surface area contributed by atoms with Gasteiger partial charge in [-0.25, -0.2) is 0 Å². The van der Waals surface area contributed by atoms with Crippen molar-refractivity contribution >= 4 is 0 Å². The topological polar surface area (TPSA) is 63.8 Å². The van der Waals surface area contributed by atoms with Crippen LogP contribution in [0.15, 0.2) is 36.7 Å². The van der Waals surface area contributed by atoms with Gasteiger partial charge in [0, 0.05) is 0 Å². The minimum Gasteiger partial charge on any atom is -0.386 e. The van der Waals surface area contributed by atoms with E-state index in [1.54, 1.807) is 0 Å². The minimum absolute atomic E-state index is 0.323. The van der Waals surface area contributed by atoms with E-state index in [1.807, 2.05) is 30.3 Å². The van der Waals surface area contributed by atoms with E-state index < -0.39 is 6.10 Å². The molecule has 1 aromatic carbocycles. The molecule has 2 rings (SSSR count). The van der Waals surface area contributed by atoms with Gasteiger partial charge in [-0.15, -0.1) is 10.2 Å². The summed E-state index contributed by atoms with van der Waals surface area (Å²) < 4.78 is 0. The summed E-state index contributed by atoms with van der Waals surface area (Å²) in [6.07, 6.45) is 0.753. The quantitative estimate of drug-likeness (QED) is 0.761. The molecule has 1 unspecified atom stereocenters. The molecule has 0 bridgehead atoms. The molecule has 1 N–H and O–H groups in total. The first-order valence-electron chi connectivity index (χ1n) is 4.30. The number of hydrogen-bond acceptors (Lipinski definition) is 4. The first kappa shape index (κ1) is 8.83. The Bertz CT molecular complexity index is 373. The van der Waals surface area contributed by atoms with Crippen LogP contribution >= 0.6 is 0 Å². The van der Waals surface area contributed by atoms with Gasteiger partial charge in [-0.05, 0) is 10.8 Å². The van der Waals surface area contributed by atoms with Crippen molar-refractivity contribution in [1.82, 2.24) is 20.2 Å². The highest BCUT2D eigenvalue weighted by Gasteiger charge is 2.08. The lowest BCUT2D eigenvalue weighted by Crippen LogP contribution is -2.11. The van der Waals surface area contributed by atoms with Crippen LogP contribution in [0.5, 0.6) is 0 Å². The van der Waals surface area contributed by atoms with Gasteiger partial charge in [0.15, 0.2) is 6.33 Å². The van der Waals surface area contributed by atoms with E-state index >= 15 is 0 Å². The van der Waals surface area contributed by atoms with Gasteiger partial charge in [-0.1, -0.05) is 30.3 Å². The van der Waals surface area contributed by atoms with Gasteiger partial charge < -0.3 is 5.11 Å². The van der Waals surface area contributed by atoms with Crippen LogP contribution < -0.4 is 0 Å². The molecule has 0 fully saturated rings. The minimum atomic E-state index is -0.592. The van der Waals surface area contributed by atoms with Gasteiger partial charge in [0.2, 0.25) is 0 Å². The molecule has 14 heavy (non-hydrogen) atoms. The van der Waals surface area contributed by atoms with Crippen LogP contribution in [0.3, 0.4) is 0 Å². The molecule has 0 aliphatic heterocycles. The Hall–Kier alpha value is -1.75. The molecule has 0 saturated heterocycles. The molecule has 0 spiro atoms. The molecule has 5 heteroatoms. The molecule has 2 aromatic rings. The summed E-state index contributed by atoms with van der Waals surface area (Å²) in [5.74, 6) is 0. The predicted molar refractivity (Wildman–Crippen MR) is 49.2 cm³/mol. The lowest BCUT2D eigenvalue weighted by Gasteiger charge is -2.08. The van der Waals surface area contributed by atoms with Crippen molar-refractivity contribution in [2.75, 3.05) is 0 Å². The molecule has 1 atom stereocenters. The molecule has 72 valence electrons. The Morgan fingerprint density at radius 1 is 1.29 bits per heavy atom. The lowest BCUT2D eigenvalue weighted by atomic mass is 10.1. The third kappa shape index (κ3) is 1.94. The van der Waals surface area contributed by atoms with Crippen molar-refractivity contribution in [3.8, 4) is 0 Å². The maximum atomic E-state index is 9.76. The summed E-state index contributed by atoms with van der Waals surface area (Å²) in [6, 6.07) is 9.40. The first-order valence-corrected chi connectivity index (χ1v) is 4.30. The molecule has 5 nitrogen and oxygen atoms in total. The monoisotopic (exact) mass is 190 g/mol. The van der Waals surface area contributed by atoms with E-state index in [9.17, 15) is 5.11 Å². The Morgan fingerprint density at radius 2 is 2.07 bits per heavy atom. The zero-order valence-electron chi connectivity index (χ0n) is 7.48. The highest BCUT2D eigenvalue weighted by atomic mass is 16.3. The molecule has 0 aliphatic carbocycles. The molecule has 0 radical (unpaired) electrons. The lowest BCUT2D eigenvalue weighted by molar-refractivity contribution is 0.144. The van der Waals surface area contributed by atoms with Crippen molar-refractivity contribution < 1.29 is 5.11 Å². The average molecular weight is 190 g/mol. The van der Waals surface area contributed by atoms with Crippen LogP contribution in [0.1, 0.15) is 11.7 Å². The molecule has 1 heterocycles. The molecule has 1 aromatic heterocycles. The second-order valence-electron chi connectivity index (χ2n) is 2.92. The van der Waals surface area contributed by atoms with Crippen LogP contribution in [-0.2, 0) is 6.54 Å². The summed E-state index contributed by atoms with van der Waals surface area (Å²) in [4.78, 5) is 1.36. The first-order chi connectivity index (χ1) is 6.86. The fraction of sp³-hybridized carbons (Fsp3) is 0.222. The summed E-state index contributed by atoms with van der Waals surface area (Å²) in [7, 11) is 0. The number of benzene rings is 1. The molecule has 0 aliphatic rings. The van der Waals surface area contributed by atoms with Gasteiger partial charge >= 0.3 is 0 Å². The highest BCUT2D eigenvalue weighted by Crippen LogP contribution is 2.12. The van der Waals surface area contributed by atoms with Crippen molar-refractivity contribution in [3.63, 3.8) is 0 Å². The van der Waals surface area contributed by atoms with Crippen molar-refractivity contribution in [3.05, 3.63) is 42.2 Å². The molecular formula is C9H10N4O. The molecule has 0 saturated carbocycles. The van der Waals surface area contributed by atoms with Crippen LogP contribution in [0.25, 0.3) is 0 Å². The van der Waals surface area contributed by atoms with E-state index in [0.717, 1.165) is 5.56 Å². The number of rotatable bonds is 3. The van der Waals surface area contributed by atoms with Crippen LogP contribution in [0.2, 0.25) is 0 Å².